The number of hydrogen-bond donors (Lipinski definition) is 2. The second-order valence-electron chi connectivity index (χ2n) is 11.6. The number of rotatable bonds is 15. The Morgan fingerprint density at radius 2 is 1.98 bits per heavy atom. The van der Waals surface area contributed by atoms with E-state index in [9.17, 15) is 14.0 Å². The first-order valence-electron chi connectivity index (χ1n) is 15.1. The monoisotopic (exact) mass is 589 g/mol. The number of carbonyl (C=O) groups excluding carboxylic acids is 1. The first kappa shape index (κ1) is 32.2. The average molecular weight is 590 g/mol. The van der Waals surface area contributed by atoms with Gasteiger partial charge in [-0.05, 0) is 101 Å². The third-order valence-electron chi connectivity index (χ3n) is 7.97. The highest BCUT2D eigenvalue weighted by molar-refractivity contribution is 6.11. The van der Waals surface area contributed by atoms with Crippen LogP contribution >= 0.6 is 0 Å². The van der Waals surface area contributed by atoms with Crippen LogP contribution in [0.4, 0.5) is 10.2 Å². The van der Waals surface area contributed by atoms with Crippen molar-refractivity contribution in [3.05, 3.63) is 111 Å². The van der Waals surface area contributed by atoms with Crippen molar-refractivity contribution < 1.29 is 18.7 Å². The van der Waals surface area contributed by atoms with E-state index >= 15 is 0 Å². The van der Waals surface area contributed by atoms with Crippen LogP contribution in [0.2, 0.25) is 0 Å². The number of ketones is 1. The molecule has 1 saturated carbocycles. The number of aryl methyl sites for hydroxylation is 1. The fraction of sp³-hybridized carbons (Fsp3) is 0.429. The molecule has 0 radical (unpaired) electrons. The number of benzene rings is 1. The Morgan fingerprint density at radius 1 is 1.21 bits per heavy atom. The molecule has 1 aromatic carbocycles. The number of nitrogens with two attached hydrogens (primary N) is 1. The summed E-state index contributed by atoms with van der Waals surface area (Å²) in [5.41, 5.74) is 8.89. The summed E-state index contributed by atoms with van der Waals surface area (Å²) in [7, 11) is 0. The minimum atomic E-state index is -0.386. The highest BCUT2D eigenvalue weighted by Crippen LogP contribution is 2.25. The summed E-state index contributed by atoms with van der Waals surface area (Å²) in [6.07, 6.45) is 13.1. The molecule has 230 valence electrons. The van der Waals surface area contributed by atoms with Crippen LogP contribution in [-0.2, 0) is 16.0 Å². The van der Waals surface area contributed by atoms with Gasteiger partial charge in [0.05, 0.1) is 30.4 Å². The topological polar surface area (TPSA) is 95.6 Å². The number of nitrogens with zero attached hydrogens (tertiary/aromatic N) is 1. The quantitative estimate of drug-likeness (QED) is 0.112. The Hall–Kier alpha value is -3.75. The van der Waals surface area contributed by atoms with Crippen molar-refractivity contribution in [3.8, 4) is 0 Å². The van der Waals surface area contributed by atoms with E-state index in [-0.39, 0.29) is 53.3 Å². The smallest absolute Gasteiger partial charge is 0.252 e. The Morgan fingerprint density at radius 3 is 2.65 bits per heavy atom. The standard InChI is InChI=1S/C35H44FN3O4/c1-23(2)20-32(25(4)43-29-8-5-6-9-29)38-18-7-19-42-28-13-10-26(11-14-28)22-39-33(40)17-15-30(35(39)37)34(41)27-12-16-31(36)24(3)21-27/h10-13,15-17,21,28-29,32,38H,1,4-9,14,18-20,22,37H2,2-3H3/t28?,32-/m0/s1. The SMILES string of the molecule is C=C(C)C[C@H](NCCCOC1C=CC(Cn2c(N)c(C(=O)c3ccc(F)c(C)c3)ccc2=O)=CC1)C(=C)OC1CCCC1. The van der Waals surface area contributed by atoms with Crippen molar-refractivity contribution in [2.45, 2.75) is 83.6 Å². The second-order valence-corrected chi connectivity index (χ2v) is 11.6. The highest BCUT2D eigenvalue weighted by atomic mass is 19.1. The number of ether oxygens (including phenoxy) is 2. The maximum Gasteiger partial charge on any atom is 0.252 e. The molecule has 2 atom stereocenters. The van der Waals surface area contributed by atoms with Crippen LogP contribution in [0, 0.1) is 12.7 Å². The van der Waals surface area contributed by atoms with Crippen molar-refractivity contribution in [1.29, 1.82) is 0 Å². The summed E-state index contributed by atoms with van der Waals surface area (Å²) in [5, 5.41) is 3.56. The van der Waals surface area contributed by atoms with Crippen molar-refractivity contribution in [3.63, 3.8) is 0 Å². The van der Waals surface area contributed by atoms with Gasteiger partial charge in [-0.15, -0.1) is 6.58 Å². The number of allylic oxidation sites excluding steroid dienone is 2. The highest BCUT2D eigenvalue weighted by Gasteiger charge is 2.22. The van der Waals surface area contributed by atoms with Crippen molar-refractivity contribution >= 4 is 11.6 Å². The first-order chi connectivity index (χ1) is 20.6. The van der Waals surface area contributed by atoms with Crippen LogP contribution in [0.5, 0.6) is 0 Å². The number of pyridine rings is 1. The zero-order valence-electron chi connectivity index (χ0n) is 25.4. The molecule has 7 nitrogen and oxygen atoms in total. The summed E-state index contributed by atoms with van der Waals surface area (Å²) >= 11 is 0. The molecule has 0 spiro atoms. The van der Waals surface area contributed by atoms with Crippen LogP contribution < -0.4 is 16.6 Å². The van der Waals surface area contributed by atoms with Crippen molar-refractivity contribution in [1.82, 2.24) is 9.88 Å². The predicted octanol–water partition coefficient (Wildman–Crippen LogP) is 6.17. The number of halogens is 1. The molecular formula is C35H44FN3O4. The van der Waals surface area contributed by atoms with E-state index in [1.807, 2.05) is 25.2 Å². The number of carbonyl (C=O) groups is 1. The largest absolute Gasteiger partial charge is 0.494 e. The van der Waals surface area contributed by atoms with E-state index in [4.69, 9.17) is 15.2 Å². The lowest BCUT2D eigenvalue weighted by Crippen LogP contribution is -2.34. The third kappa shape index (κ3) is 8.88. The molecule has 1 unspecified atom stereocenters. The van der Waals surface area contributed by atoms with E-state index in [0.29, 0.717) is 24.2 Å². The average Bonchev–Trinajstić information content (AvgIpc) is 3.49. The molecule has 0 aliphatic heterocycles. The maximum absolute atomic E-state index is 13.7. The van der Waals surface area contributed by atoms with Crippen molar-refractivity contribution in [2.75, 3.05) is 18.9 Å². The van der Waals surface area contributed by atoms with E-state index in [2.05, 4.69) is 18.5 Å². The molecule has 1 heterocycles. The first-order valence-corrected chi connectivity index (χ1v) is 15.1. The molecular weight excluding hydrogens is 545 g/mol. The zero-order valence-corrected chi connectivity index (χ0v) is 25.4. The lowest BCUT2D eigenvalue weighted by atomic mass is 10.0. The number of aromatic nitrogens is 1. The normalized spacial score (nSPS) is 17.5. The number of nitrogens with one attached hydrogen (secondary N) is 1. The number of hydrogen-bond acceptors (Lipinski definition) is 6. The third-order valence-corrected chi connectivity index (χ3v) is 7.97. The van der Waals surface area contributed by atoms with Crippen LogP contribution in [-0.4, -0.2) is 41.8 Å². The molecule has 0 saturated heterocycles. The molecule has 4 rings (SSSR count). The lowest BCUT2D eigenvalue weighted by Gasteiger charge is -2.25. The van der Waals surface area contributed by atoms with E-state index in [0.717, 1.165) is 49.1 Å². The van der Waals surface area contributed by atoms with Gasteiger partial charge in [0.2, 0.25) is 0 Å². The van der Waals surface area contributed by atoms with Gasteiger partial charge >= 0.3 is 0 Å². The minimum absolute atomic E-state index is 0.0441. The Bertz CT molecular complexity index is 1450. The lowest BCUT2D eigenvalue weighted by molar-refractivity contribution is 0.0817. The van der Waals surface area contributed by atoms with Gasteiger partial charge in [0.1, 0.15) is 17.4 Å². The van der Waals surface area contributed by atoms with E-state index in [1.165, 1.54) is 47.7 Å². The molecule has 2 aliphatic rings. The summed E-state index contributed by atoms with van der Waals surface area (Å²) < 4.78 is 27.3. The molecule has 0 amide bonds. The molecule has 2 aromatic rings. The van der Waals surface area contributed by atoms with Crippen LogP contribution in [0.3, 0.4) is 0 Å². The molecule has 1 aromatic heterocycles. The molecule has 0 bridgehead atoms. The summed E-state index contributed by atoms with van der Waals surface area (Å²) in [5.74, 6) is 0.134. The van der Waals surface area contributed by atoms with Gasteiger partial charge < -0.3 is 20.5 Å². The van der Waals surface area contributed by atoms with Gasteiger partial charge in [-0.2, -0.15) is 0 Å². The Labute approximate surface area is 254 Å². The minimum Gasteiger partial charge on any atom is -0.494 e. The van der Waals surface area contributed by atoms with Gasteiger partial charge in [-0.25, -0.2) is 4.39 Å². The molecule has 2 aliphatic carbocycles. The predicted molar refractivity (Wildman–Crippen MR) is 170 cm³/mol. The van der Waals surface area contributed by atoms with Gasteiger partial charge in [-0.3, -0.25) is 14.2 Å². The fourth-order valence-corrected chi connectivity index (χ4v) is 5.49. The molecule has 43 heavy (non-hydrogen) atoms. The number of anilines is 1. The summed E-state index contributed by atoms with van der Waals surface area (Å²) in [6, 6.07) is 6.97. The molecule has 1 fully saturated rings. The molecule has 3 N–H and O–H groups in total. The van der Waals surface area contributed by atoms with Gasteiger partial charge in [0.25, 0.3) is 5.56 Å². The van der Waals surface area contributed by atoms with Gasteiger partial charge in [0, 0.05) is 18.2 Å². The fourth-order valence-electron chi connectivity index (χ4n) is 5.49. The summed E-state index contributed by atoms with van der Waals surface area (Å²) in [6.45, 7) is 13.5. The van der Waals surface area contributed by atoms with Crippen LogP contribution in [0.1, 0.15) is 73.4 Å². The number of nitrogen functional groups attached to an aromatic ring is 1. The van der Waals surface area contributed by atoms with Crippen LogP contribution in [0.15, 0.2) is 83.4 Å². The zero-order chi connectivity index (χ0) is 30.9. The maximum atomic E-state index is 13.7. The Balaban J connectivity index is 1.25. The van der Waals surface area contributed by atoms with E-state index in [1.54, 1.807) is 6.92 Å². The Kier molecular flexibility index (Phi) is 11.3. The second kappa shape index (κ2) is 15.1. The van der Waals surface area contributed by atoms with Gasteiger partial charge in [-0.1, -0.05) is 30.4 Å². The van der Waals surface area contributed by atoms with Crippen molar-refractivity contribution in [2.24, 2.45) is 0 Å². The van der Waals surface area contributed by atoms with Crippen LogP contribution in [0.25, 0.3) is 0 Å². The summed E-state index contributed by atoms with van der Waals surface area (Å²) in [4.78, 5) is 25.7. The van der Waals surface area contributed by atoms with E-state index < -0.39 is 0 Å². The molecule has 8 heteroatoms. The van der Waals surface area contributed by atoms with Gasteiger partial charge in [0.15, 0.2) is 5.78 Å².